The van der Waals surface area contributed by atoms with Gasteiger partial charge in [-0.2, -0.15) is 0 Å². The van der Waals surface area contributed by atoms with E-state index in [1.54, 1.807) is 11.3 Å². The molecule has 1 aromatic rings. The van der Waals surface area contributed by atoms with Gasteiger partial charge in [-0.1, -0.05) is 19.8 Å². The Morgan fingerprint density at radius 3 is 2.75 bits per heavy atom. The van der Waals surface area contributed by atoms with Gasteiger partial charge in [0.1, 0.15) is 5.01 Å². The van der Waals surface area contributed by atoms with Crippen LogP contribution in [-0.4, -0.2) is 23.5 Å². The lowest BCUT2D eigenvalue weighted by Gasteiger charge is -2.16. The molecule has 20 heavy (non-hydrogen) atoms. The second kappa shape index (κ2) is 9.55. The minimum Gasteiger partial charge on any atom is -0.357 e. The molecule has 1 heterocycles. The van der Waals surface area contributed by atoms with Gasteiger partial charge in [0.2, 0.25) is 0 Å². The topological polar surface area (TPSA) is 49.3 Å². The first kappa shape index (κ1) is 17.7. The van der Waals surface area contributed by atoms with Crippen LogP contribution in [0, 0.1) is 0 Å². The van der Waals surface area contributed by atoms with E-state index < -0.39 is 0 Å². The Bertz CT molecular complexity index is 413. The number of nitrogens with one attached hydrogen (secondary N) is 2. The van der Waals surface area contributed by atoms with Gasteiger partial charge in [-0.3, -0.25) is 0 Å². The van der Waals surface area contributed by atoms with Gasteiger partial charge in [0.05, 0.1) is 6.54 Å². The van der Waals surface area contributed by atoms with E-state index in [9.17, 15) is 0 Å². The molecule has 0 amide bonds. The molecule has 0 spiro atoms. The second-order valence-electron chi connectivity index (χ2n) is 4.89. The van der Waals surface area contributed by atoms with Crippen LogP contribution in [0.1, 0.15) is 49.4 Å². The largest absolute Gasteiger partial charge is 0.357 e. The SMILES string of the molecule is CCNC(=NCc1ncc(CC)s1)NC1CCCC1.I. The second-order valence-corrected chi connectivity index (χ2v) is 6.09. The fraction of sp³-hybridized carbons (Fsp3) is 0.714. The maximum absolute atomic E-state index is 4.64. The molecule has 0 aromatic carbocycles. The summed E-state index contributed by atoms with van der Waals surface area (Å²) in [6.45, 7) is 5.83. The minimum absolute atomic E-state index is 0. The van der Waals surface area contributed by atoms with Crippen molar-refractivity contribution >= 4 is 41.3 Å². The molecule has 0 aliphatic heterocycles. The van der Waals surface area contributed by atoms with Crippen LogP contribution in [0.2, 0.25) is 0 Å². The Balaban J connectivity index is 0.00000200. The van der Waals surface area contributed by atoms with Crippen LogP contribution in [0.25, 0.3) is 0 Å². The molecule has 1 fully saturated rings. The van der Waals surface area contributed by atoms with Crippen molar-refractivity contribution in [2.45, 2.75) is 58.5 Å². The number of hydrogen-bond donors (Lipinski definition) is 2. The van der Waals surface area contributed by atoms with E-state index in [1.165, 1.54) is 30.6 Å². The van der Waals surface area contributed by atoms with Crippen molar-refractivity contribution in [3.05, 3.63) is 16.1 Å². The molecule has 0 radical (unpaired) electrons. The number of halogens is 1. The van der Waals surface area contributed by atoms with Crippen molar-refractivity contribution in [1.29, 1.82) is 0 Å². The Hall–Kier alpha value is -0.370. The van der Waals surface area contributed by atoms with Gasteiger partial charge in [-0.15, -0.1) is 35.3 Å². The summed E-state index contributed by atoms with van der Waals surface area (Å²) >= 11 is 1.76. The van der Waals surface area contributed by atoms with E-state index in [0.717, 1.165) is 23.9 Å². The maximum atomic E-state index is 4.64. The van der Waals surface area contributed by atoms with Crippen molar-refractivity contribution < 1.29 is 0 Å². The van der Waals surface area contributed by atoms with E-state index in [1.807, 2.05) is 6.20 Å². The van der Waals surface area contributed by atoms with Crippen molar-refractivity contribution in [1.82, 2.24) is 15.6 Å². The van der Waals surface area contributed by atoms with Gasteiger partial charge < -0.3 is 10.6 Å². The molecular weight excluding hydrogens is 383 g/mol. The predicted octanol–water partition coefficient (Wildman–Crippen LogP) is 3.32. The summed E-state index contributed by atoms with van der Waals surface area (Å²) in [5.74, 6) is 0.933. The van der Waals surface area contributed by atoms with E-state index in [-0.39, 0.29) is 24.0 Å². The average molecular weight is 408 g/mol. The number of aliphatic imine (C=N–C) groups is 1. The molecule has 6 heteroatoms. The lowest BCUT2D eigenvalue weighted by Crippen LogP contribution is -2.42. The Labute approximate surface area is 142 Å². The number of aromatic nitrogens is 1. The Morgan fingerprint density at radius 1 is 1.40 bits per heavy atom. The molecule has 0 saturated heterocycles. The smallest absolute Gasteiger partial charge is 0.191 e. The van der Waals surface area contributed by atoms with Crippen molar-refractivity contribution in [2.75, 3.05) is 6.54 Å². The summed E-state index contributed by atoms with van der Waals surface area (Å²) in [7, 11) is 0. The van der Waals surface area contributed by atoms with Crippen LogP contribution in [-0.2, 0) is 13.0 Å². The number of guanidine groups is 1. The molecule has 0 bridgehead atoms. The van der Waals surface area contributed by atoms with E-state index in [0.29, 0.717) is 12.6 Å². The normalized spacial score (nSPS) is 16.0. The fourth-order valence-corrected chi connectivity index (χ4v) is 3.10. The lowest BCUT2D eigenvalue weighted by molar-refractivity contribution is 0.614. The molecule has 2 N–H and O–H groups in total. The number of nitrogens with zero attached hydrogens (tertiary/aromatic N) is 2. The number of thiazole rings is 1. The lowest BCUT2D eigenvalue weighted by atomic mass is 10.2. The predicted molar refractivity (Wildman–Crippen MR) is 97.1 cm³/mol. The van der Waals surface area contributed by atoms with E-state index >= 15 is 0 Å². The first-order valence-corrected chi connectivity index (χ1v) is 8.12. The van der Waals surface area contributed by atoms with Crippen molar-refractivity contribution in [3.63, 3.8) is 0 Å². The van der Waals surface area contributed by atoms with Crippen molar-refractivity contribution in [2.24, 2.45) is 4.99 Å². The van der Waals surface area contributed by atoms with Gasteiger partial charge >= 0.3 is 0 Å². The summed E-state index contributed by atoms with van der Waals surface area (Å²) < 4.78 is 0. The summed E-state index contributed by atoms with van der Waals surface area (Å²) in [6.07, 6.45) is 8.23. The number of hydrogen-bond acceptors (Lipinski definition) is 3. The fourth-order valence-electron chi connectivity index (χ4n) is 2.31. The van der Waals surface area contributed by atoms with E-state index in [2.05, 4.69) is 34.5 Å². The number of aryl methyl sites for hydroxylation is 1. The van der Waals surface area contributed by atoms with Crippen LogP contribution < -0.4 is 10.6 Å². The molecule has 4 nitrogen and oxygen atoms in total. The quantitative estimate of drug-likeness (QED) is 0.447. The average Bonchev–Trinajstić information content (AvgIpc) is 3.07. The van der Waals surface area contributed by atoms with Crippen LogP contribution >= 0.6 is 35.3 Å². The molecule has 1 saturated carbocycles. The zero-order chi connectivity index (χ0) is 13.5. The standard InChI is InChI=1S/C14H24N4S.HI/c1-3-12-9-16-13(19-12)10-17-14(15-4-2)18-11-7-5-6-8-11;/h9,11H,3-8,10H2,1-2H3,(H2,15,17,18);1H. The molecule has 1 aliphatic carbocycles. The third-order valence-corrected chi connectivity index (χ3v) is 4.49. The Morgan fingerprint density at radius 2 is 2.15 bits per heavy atom. The third-order valence-electron chi connectivity index (χ3n) is 3.36. The Kier molecular flexibility index (Phi) is 8.44. The summed E-state index contributed by atoms with van der Waals surface area (Å²) in [5.41, 5.74) is 0. The molecule has 0 unspecified atom stereocenters. The monoisotopic (exact) mass is 408 g/mol. The zero-order valence-electron chi connectivity index (χ0n) is 12.3. The first-order valence-electron chi connectivity index (χ1n) is 7.30. The van der Waals surface area contributed by atoms with Crippen molar-refractivity contribution in [3.8, 4) is 0 Å². The van der Waals surface area contributed by atoms with Crippen LogP contribution in [0.3, 0.4) is 0 Å². The molecule has 0 atom stereocenters. The van der Waals surface area contributed by atoms with Gasteiger partial charge in [-0.05, 0) is 26.2 Å². The molecular formula is C14H25IN4S. The van der Waals surface area contributed by atoms with Gasteiger partial charge in [0, 0.05) is 23.7 Å². The summed E-state index contributed by atoms with van der Waals surface area (Å²) in [6, 6.07) is 0.597. The van der Waals surface area contributed by atoms with Crippen LogP contribution in [0.15, 0.2) is 11.2 Å². The zero-order valence-corrected chi connectivity index (χ0v) is 15.5. The highest BCUT2D eigenvalue weighted by atomic mass is 127. The minimum atomic E-state index is 0. The highest BCUT2D eigenvalue weighted by molar-refractivity contribution is 14.0. The van der Waals surface area contributed by atoms with Gasteiger partial charge in [-0.25, -0.2) is 9.98 Å². The number of rotatable bonds is 5. The highest BCUT2D eigenvalue weighted by Gasteiger charge is 2.15. The van der Waals surface area contributed by atoms with Crippen LogP contribution in [0.4, 0.5) is 0 Å². The highest BCUT2D eigenvalue weighted by Crippen LogP contribution is 2.17. The van der Waals surface area contributed by atoms with Crippen LogP contribution in [0.5, 0.6) is 0 Å². The summed E-state index contributed by atoms with van der Waals surface area (Å²) in [5, 5.41) is 7.94. The molecule has 1 aromatic heterocycles. The maximum Gasteiger partial charge on any atom is 0.191 e. The third kappa shape index (κ3) is 5.55. The van der Waals surface area contributed by atoms with E-state index in [4.69, 9.17) is 0 Å². The van der Waals surface area contributed by atoms with Gasteiger partial charge in [0.25, 0.3) is 0 Å². The molecule has 114 valence electrons. The molecule has 2 rings (SSSR count). The molecule has 1 aliphatic rings. The first-order chi connectivity index (χ1) is 9.31. The van der Waals surface area contributed by atoms with Gasteiger partial charge in [0.15, 0.2) is 5.96 Å². The summed E-state index contributed by atoms with van der Waals surface area (Å²) in [4.78, 5) is 10.4.